The van der Waals surface area contributed by atoms with Crippen LogP contribution in [0.5, 0.6) is 0 Å². The number of hydrogen-bond acceptors (Lipinski definition) is 6. The van der Waals surface area contributed by atoms with E-state index >= 15 is 0 Å². The number of amides is 1. The molecule has 1 amide bonds. The Morgan fingerprint density at radius 3 is 2.58 bits per heavy atom. The number of rotatable bonds is 8. The molecule has 0 saturated heterocycles. The van der Waals surface area contributed by atoms with E-state index in [1.807, 2.05) is 0 Å². The van der Waals surface area contributed by atoms with Gasteiger partial charge in [0.1, 0.15) is 16.3 Å². The number of fused-ring (bicyclic) bond motifs is 1. The largest absolute Gasteiger partial charge is 0.462 e. The van der Waals surface area contributed by atoms with Crippen molar-refractivity contribution in [3.63, 3.8) is 0 Å². The first-order chi connectivity index (χ1) is 12.4. The minimum absolute atomic E-state index is 0.145. The molecule has 7 nitrogen and oxygen atoms in total. The summed E-state index contributed by atoms with van der Waals surface area (Å²) in [4.78, 5) is 43.8. The van der Waals surface area contributed by atoms with E-state index < -0.39 is 5.97 Å². The molecule has 0 fully saturated rings. The highest BCUT2D eigenvalue weighted by atomic mass is 32.1. The summed E-state index contributed by atoms with van der Waals surface area (Å²) in [6.45, 7) is 11.5. The molecule has 0 spiro atoms. The minimum atomic E-state index is -0.474. The van der Waals surface area contributed by atoms with E-state index in [4.69, 9.17) is 4.74 Å². The maximum absolute atomic E-state index is 12.8. The molecule has 0 aliphatic carbocycles. The lowest BCUT2D eigenvalue weighted by molar-refractivity contribution is -0.130. The topological polar surface area (TPSA) is 81.5 Å². The van der Waals surface area contributed by atoms with Crippen LogP contribution in [0.1, 0.15) is 22.2 Å². The SMILES string of the molecule is C=CCN(CC=C)C(=O)Cn1cnc2sc(C(=O)OCC)c(C)c2c1=O. The average Bonchev–Trinajstić information content (AvgIpc) is 2.95. The van der Waals surface area contributed by atoms with E-state index in [1.165, 1.54) is 15.8 Å². The fraction of sp³-hybridized carbons (Fsp3) is 0.333. The molecule has 8 heteroatoms. The molecule has 0 unspecified atom stereocenters. The lowest BCUT2D eigenvalue weighted by atomic mass is 10.2. The molecule has 0 N–H and O–H groups in total. The smallest absolute Gasteiger partial charge is 0.348 e. The van der Waals surface area contributed by atoms with Crippen molar-refractivity contribution in [1.29, 1.82) is 0 Å². The van der Waals surface area contributed by atoms with Gasteiger partial charge in [0.25, 0.3) is 5.56 Å². The number of ether oxygens (including phenoxy) is 1. The summed E-state index contributed by atoms with van der Waals surface area (Å²) >= 11 is 1.12. The Morgan fingerprint density at radius 1 is 1.35 bits per heavy atom. The molecule has 2 rings (SSSR count). The van der Waals surface area contributed by atoms with Crippen LogP contribution in [0.4, 0.5) is 0 Å². The van der Waals surface area contributed by atoms with Crippen LogP contribution < -0.4 is 5.56 Å². The number of carbonyl (C=O) groups excluding carboxylic acids is 2. The molecular formula is C18H21N3O4S. The summed E-state index contributed by atoms with van der Waals surface area (Å²) in [6.07, 6.45) is 4.55. The van der Waals surface area contributed by atoms with Gasteiger partial charge in [0.05, 0.1) is 18.3 Å². The molecule has 0 radical (unpaired) electrons. The first-order valence-corrected chi connectivity index (χ1v) is 8.91. The van der Waals surface area contributed by atoms with Crippen molar-refractivity contribution in [3.05, 3.63) is 52.4 Å². The van der Waals surface area contributed by atoms with Crippen molar-refractivity contribution in [2.45, 2.75) is 20.4 Å². The fourth-order valence-electron chi connectivity index (χ4n) is 2.50. The summed E-state index contributed by atoms with van der Waals surface area (Å²) in [5.41, 5.74) is 0.168. The van der Waals surface area contributed by atoms with Gasteiger partial charge in [-0.25, -0.2) is 9.78 Å². The highest BCUT2D eigenvalue weighted by molar-refractivity contribution is 7.20. The Balaban J connectivity index is 2.39. The summed E-state index contributed by atoms with van der Waals surface area (Å²) in [5.74, 6) is -0.718. The molecule has 138 valence electrons. The van der Waals surface area contributed by atoms with Crippen LogP contribution >= 0.6 is 11.3 Å². The minimum Gasteiger partial charge on any atom is -0.462 e. The molecule has 0 bridgehead atoms. The van der Waals surface area contributed by atoms with Crippen molar-refractivity contribution in [3.8, 4) is 0 Å². The summed E-state index contributed by atoms with van der Waals surface area (Å²) in [6, 6.07) is 0. The maximum Gasteiger partial charge on any atom is 0.348 e. The third-order valence-electron chi connectivity index (χ3n) is 3.74. The quantitative estimate of drug-likeness (QED) is 0.522. The second-order valence-corrected chi connectivity index (χ2v) is 6.51. The van der Waals surface area contributed by atoms with Gasteiger partial charge in [-0.3, -0.25) is 14.2 Å². The van der Waals surface area contributed by atoms with Gasteiger partial charge >= 0.3 is 5.97 Å². The van der Waals surface area contributed by atoms with Crippen LogP contribution in [0, 0.1) is 6.92 Å². The number of thiophene rings is 1. The summed E-state index contributed by atoms with van der Waals surface area (Å²) in [5, 5.41) is 0.340. The lowest BCUT2D eigenvalue weighted by Gasteiger charge is -2.19. The zero-order valence-electron chi connectivity index (χ0n) is 14.9. The Labute approximate surface area is 155 Å². The van der Waals surface area contributed by atoms with Crippen LogP contribution in [-0.2, 0) is 16.1 Å². The van der Waals surface area contributed by atoms with Crippen molar-refractivity contribution in [2.24, 2.45) is 0 Å². The van der Waals surface area contributed by atoms with Crippen molar-refractivity contribution in [2.75, 3.05) is 19.7 Å². The third-order valence-corrected chi connectivity index (χ3v) is 4.92. The average molecular weight is 375 g/mol. The second-order valence-electron chi connectivity index (χ2n) is 5.51. The van der Waals surface area contributed by atoms with Gasteiger partial charge in [-0.1, -0.05) is 12.2 Å². The lowest BCUT2D eigenvalue weighted by Crippen LogP contribution is -2.36. The van der Waals surface area contributed by atoms with E-state index in [1.54, 1.807) is 26.0 Å². The molecule has 2 heterocycles. The van der Waals surface area contributed by atoms with E-state index in [0.29, 0.717) is 33.7 Å². The fourth-order valence-corrected chi connectivity index (χ4v) is 3.53. The molecule has 0 aromatic carbocycles. The normalized spacial score (nSPS) is 10.5. The highest BCUT2D eigenvalue weighted by Crippen LogP contribution is 2.27. The Kier molecular flexibility index (Phi) is 6.46. The monoisotopic (exact) mass is 375 g/mol. The number of nitrogens with zero attached hydrogens (tertiary/aromatic N) is 3. The molecule has 0 aliphatic heterocycles. The Bertz CT molecular complexity index is 903. The van der Waals surface area contributed by atoms with Gasteiger partial charge in [-0.05, 0) is 19.4 Å². The first kappa shape index (κ1) is 19.6. The van der Waals surface area contributed by atoms with Gasteiger partial charge in [0, 0.05) is 13.1 Å². The maximum atomic E-state index is 12.8. The molecule has 0 atom stereocenters. The van der Waals surface area contributed by atoms with E-state index in [0.717, 1.165) is 11.3 Å². The highest BCUT2D eigenvalue weighted by Gasteiger charge is 2.21. The standard InChI is InChI=1S/C18H21N3O4S/c1-5-8-20(9-6-2)13(22)10-21-11-19-16-14(17(21)23)12(4)15(26-16)18(24)25-7-3/h5-6,11H,1-2,7-10H2,3-4H3. The molecule has 26 heavy (non-hydrogen) atoms. The van der Waals surface area contributed by atoms with Crippen LogP contribution in [0.2, 0.25) is 0 Å². The van der Waals surface area contributed by atoms with Gasteiger partial charge in [-0.15, -0.1) is 24.5 Å². The van der Waals surface area contributed by atoms with E-state index in [9.17, 15) is 14.4 Å². The predicted octanol–water partition coefficient (Wildman–Crippen LogP) is 2.14. The van der Waals surface area contributed by atoms with Crippen LogP contribution in [0.15, 0.2) is 36.4 Å². The predicted molar refractivity (Wildman–Crippen MR) is 102 cm³/mol. The van der Waals surface area contributed by atoms with Crippen LogP contribution in [-0.4, -0.2) is 46.0 Å². The van der Waals surface area contributed by atoms with Crippen molar-refractivity contribution in [1.82, 2.24) is 14.5 Å². The zero-order valence-corrected chi connectivity index (χ0v) is 15.7. The Hall–Kier alpha value is -2.74. The molecule has 0 aliphatic rings. The van der Waals surface area contributed by atoms with Crippen LogP contribution in [0.3, 0.4) is 0 Å². The van der Waals surface area contributed by atoms with Gasteiger partial charge < -0.3 is 9.64 Å². The molecule has 2 aromatic heterocycles. The molecule has 2 aromatic rings. The van der Waals surface area contributed by atoms with Crippen molar-refractivity contribution < 1.29 is 14.3 Å². The van der Waals surface area contributed by atoms with Gasteiger partial charge in [0.15, 0.2) is 0 Å². The molecular weight excluding hydrogens is 354 g/mol. The first-order valence-electron chi connectivity index (χ1n) is 8.09. The number of aromatic nitrogens is 2. The number of hydrogen-bond donors (Lipinski definition) is 0. The number of esters is 1. The van der Waals surface area contributed by atoms with E-state index in [2.05, 4.69) is 18.1 Å². The number of aryl methyl sites for hydroxylation is 1. The summed E-state index contributed by atoms with van der Waals surface area (Å²) in [7, 11) is 0. The van der Waals surface area contributed by atoms with Gasteiger partial charge in [0.2, 0.25) is 5.91 Å². The summed E-state index contributed by atoms with van der Waals surface area (Å²) < 4.78 is 6.26. The molecule has 0 saturated carbocycles. The zero-order chi connectivity index (χ0) is 19.3. The van der Waals surface area contributed by atoms with Gasteiger partial charge in [-0.2, -0.15) is 0 Å². The third kappa shape index (κ3) is 3.91. The second kappa shape index (κ2) is 8.57. The van der Waals surface area contributed by atoms with Crippen LogP contribution in [0.25, 0.3) is 10.2 Å². The Morgan fingerprint density at radius 2 is 2.00 bits per heavy atom. The van der Waals surface area contributed by atoms with E-state index in [-0.39, 0.29) is 24.6 Å². The number of carbonyl (C=O) groups is 2. The van der Waals surface area contributed by atoms with Crippen molar-refractivity contribution >= 4 is 33.4 Å².